The van der Waals surface area contributed by atoms with E-state index < -0.39 is 6.03 Å². The molecule has 0 unspecified atom stereocenters. The molecule has 0 heterocycles. The van der Waals surface area contributed by atoms with Crippen molar-refractivity contribution in [3.05, 3.63) is 34.9 Å². The van der Waals surface area contributed by atoms with Crippen LogP contribution >= 0.6 is 11.6 Å². The van der Waals surface area contributed by atoms with Gasteiger partial charge in [-0.3, -0.25) is 0 Å². The molecule has 4 nitrogen and oxygen atoms in total. The highest BCUT2D eigenvalue weighted by Gasteiger charge is 1.97. The molecule has 0 bridgehead atoms. The number of primary amides is 1. The summed E-state index contributed by atoms with van der Waals surface area (Å²) in [5.41, 5.74) is 8.56. The van der Waals surface area contributed by atoms with E-state index in [4.69, 9.17) is 17.3 Å². The van der Waals surface area contributed by atoms with Gasteiger partial charge in [-0.1, -0.05) is 23.7 Å². The molecular weight excluding hydrogens is 202 g/mol. The van der Waals surface area contributed by atoms with Crippen molar-refractivity contribution in [2.24, 2.45) is 10.8 Å². The smallest absolute Gasteiger partial charge is 0.332 e. The van der Waals surface area contributed by atoms with Crippen LogP contribution in [0.2, 0.25) is 5.02 Å². The second kappa shape index (κ2) is 4.62. The van der Waals surface area contributed by atoms with Gasteiger partial charge < -0.3 is 5.73 Å². The molecule has 1 aromatic carbocycles. The Hall–Kier alpha value is -1.55. The van der Waals surface area contributed by atoms with Crippen LogP contribution < -0.4 is 11.2 Å². The van der Waals surface area contributed by atoms with Gasteiger partial charge in [-0.05, 0) is 24.6 Å². The fourth-order valence-electron chi connectivity index (χ4n) is 0.895. The molecule has 3 N–H and O–H groups in total. The van der Waals surface area contributed by atoms with Gasteiger partial charge >= 0.3 is 6.03 Å². The lowest BCUT2D eigenvalue weighted by molar-refractivity contribution is 0.249. The summed E-state index contributed by atoms with van der Waals surface area (Å²) in [4.78, 5) is 10.4. The molecule has 0 aliphatic heterocycles. The summed E-state index contributed by atoms with van der Waals surface area (Å²) < 4.78 is 0. The highest BCUT2D eigenvalue weighted by Crippen LogP contribution is 2.09. The molecule has 2 amide bonds. The summed E-state index contributed by atoms with van der Waals surface area (Å²) >= 11 is 5.71. The van der Waals surface area contributed by atoms with Gasteiger partial charge in [0.2, 0.25) is 0 Å². The Morgan fingerprint density at radius 1 is 1.43 bits per heavy atom. The number of hydrazone groups is 1. The minimum absolute atomic E-state index is 0.657. The molecule has 74 valence electrons. The lowest BCUT2D eigenvalue weighted by atomic mass is 10.1. The Labute approximate surface area is 86.7 Å². The van der Waals surface area contributed by atoms with Gasteiger partial charge in [0.1, 0.15) is 0 Å². The van der Waals surface area contributed by atoms with E-state index in [1.54, 1.807) is 19.1 Å². The molecule has 0 aliphatic carbocycles. The van der Waals surface area contributed by atoms with Crippen molar-refractivity contribution in [2.75, 3.05) is 0 Å². The Kier molecular flexibility index (Phi) is 3.48. The molecule has 0 atom stereocenters. The van der Waals surface area contributed by atoms with Gasteiger partial charge in [0.25, 0.3) is 0 Å². The van der Waals surface area contributed by atoms with Gasteiger partial charge in [-0.2, -0.15) is 5.10 Å². The lowest BCUT2D eigenvalue weighted by Gasteiger charge is -2.00. The predicted molar refractivity (Wildman–Crippen MR) is 56.4 cm³/mol. The number of carbonyl (C=O) groups excluding carboxylic acids is 1. The van der Waals surface area contributed by atoms with E-state index in [0.29, 0.717) is 10.7 Å². The monoisotopic (exact) mass is 211 g/mol. The van der Waals surface area contributed by atoms with Crippen LogP contribution in [0.25, 0.3) is 0 Å². The van der Waals surface area contributed by atoms with Crippen molar-refractivity contribution in [3.8, 4) is 0 Å². The molecule has 1 aromatic rings. The van der Waals surface area contributed by atoms with E-state index in [1.165, 1.54) is 0 Å². The molecular formula is C9H10ClN3O. The molecule has 0 saturated carbocycles. The highest BCUT2D eigenvalue weighted by molar-refractivity contribution is 6.30. The molecule has 0 spiro atoms. The number of nitrogens with zero attached hydrogens (tertiary/aromatic N) is 1. The number of halogens is 1. The zero-order valence-corrected chi connectivity index (χ0v) is 8.38. The topological polar surface area (TPSA) is 67.5 Å². The van der Waals surface area contributed by atoms with Crippen molar-refractivity contribution in [1.82, 2.24) is 5.43 Å². The molecule has 0 fully saturated rings. The van der Waals surface area contributed by atoms with Crippen LogP contribution in [0.4, 0.5) is 4.79 Å². The summed E-state index contributed by atoms with van der Waals surface area (Å²) in [5.74, 6) is 0. The van der Waals surface area contributed by atoms with Crippen LogP contribution in [-0.4, -0.2) is 11.7 Å². The molecule has 0 saturated heterocycles. The Morgan fingerprint density at radius 2 is 2.00 bits per heavy atom. The van der Waals surface area contributed by atoms with Gasteiger partial charge in [-0.25, -0.2) is 10.2 Å². The van der Waals surface area contributed by atoms with E-state index >= 15 is 0 Å². The molecule has 1 rings (SSSR count). The first-order valence-electron chi connectivity index (χ1n) is 3.95. The van der Waals surface area contributed by atoms with E-state index in [0.717, 1.165) is 5.56 Å². The first kappa shape index (κ1) is 10.5. The number of rotatable bonds is 2. The predicted octanol–water partition coefficient (Wildman–Crippen LogP) is 1.73. The van der Waals surface area contributed by atoms with Gasteiger partial charge in [-0.15, -0.1) is 0 Å². The minimum Gasteiger partial charge on any atom is -0.350 e. The highest BCUT2D eigenvalue weighted by atomic mass is 35.5. The third-order valence-corrected chi connectivity index (χ3v) is 1.85. The van der Waals surface area contributed by atoms with Crippen molar-refractivity contribution in [1.29, 1.82) is 0 Å². The van der Waals surface area contributed by atoms with E-state index in [2.05, 4.69) is 10.5 Å². The summed E-state index contributed by atoms with van der Waals surface area (Å²) in [5, 5.41) is 4.43. The van der Waals surface area contributed by atoms with Crippen LogP contribution in [0.3, 0.4) is 0 Å². The van der Waals surface area contributed by atoms with Crippen LogP contribution in [-0.2, 0) is 0 Å². The van der Waals surface area contributed by atoms with Crippen molar-refractivity contribution >= 4 is 23.3 Å². The normalized spacial score (nSPS) is 11.1. The number of benzene rings is 1. The van der Waals surface area contributed by atoms with E-state index in [1.807, 2.05) is 12.1 Å². The van der Waals surface area contributed by atoms with E-state index in [9.17, 15) is 4.79 Å². The molecule has 5 heteroatoms. The van der Waals surface area contributed by atoms with Gasteiger partial charge in [0, 0.05) is 5.02 Å². The van der Waals surface area contributed by atoms with Crippen molar-refractivity contribution in [2.45, 2.75) is 6.92 Å². The maximum absolute atomic E-state index is 10.4. The molecule has 14 heavy (non-hydrogen) atoms. The zero-order valence-electron chi connectivity index (χ0n) is 7.62. The number of nitrogens with one attached hydrogen (secondary N) is 1. The largest absolute Gasteiger partial charge is 0.350 e. The number of amides is 2. The SMILES string of the molecule is CC(=NNC(N)=O)c1ccc(Cl)cc1. The average molecular weight is 212 g/mol. The first-order chi connectivity index (χ1) is 6.59. The van der Waals surface area contributed by atoms with Crippen LogP contribution in [0.15, 0.2) is 29.4 Å². The Balaban J connectivity index is 2.78. The third kappa shape index (κ3) is 3.06. The third-order valence-electron chi connectivity index (χ3n) is 1.60. The summed E-state index contributed by atoms with van der Waals surface area (Å²) in [6.07, 6.45) is 0. The fraction of sp³-hybridized carbons (Fsp3) is 0.111. The number of urea groups is 1. The lowest BCUT2D eigenvalue weighted by Crippen LogP contribution is -2.25. The molecule has 0 aliphatic rings. The second-order valence-electron chi connectivity index (χ2n) is 2.68. The van der Waals surface area contributed by atoms with Crippen molar-refractivity contribution < 1.29 is 4.79 Å². The summed E-state index contributed by atoms with van der Waals surface area (Å²) in [6, 6.07) is 6.44. The number of carbonyl (C=O) groups is 1. The van der Waals surface area contributed by atoms with Crippen LogP contribution in [0.5, 0.6) is 0 Å². The maximum Gasteiger partial charge on any atom is 0.332 e. The van der Waals surface area contributed by atoms with Crippen LogP contribution in [0.1, 0.15) is 12.5 Å². The maximum atomic E-state index is 10.4. The molecule has 0 aromatic heterocycles. The quantitative estimate of drug-likeness (QED) is 0.568. The standard InChI is InChI=1S/C9H10ClN3O/c1-6(12-13-9(11)14)7-2-4-8(10)5-3-7/h2-5H,1H3,(H3,11,13,14). The zero-order chi connectivity index (χ0) is 10.6. The minimum atomic E-state index is -0.682. The second-order valence-corrected chi connectivity index (χ2v) is 3.12. The Morgan fingerprint density at radius 3 is 2.50 bits per heavy atom. The van der Waals surface area contributed by atoms with E-state index in [-0.39, 0.29) is 0 Å². The molecule has 0 radical (unpaired) electrons. The summed E-state index contributed by atoms with van der Waals surface area (Å²) in [6.45, 7) is 1.76. The summed E-state index contributed by atoms with van der Waals surface area (Å²) in [7, 11) is 0. The van der Waals surface area contributed by atoms with Gasteiger partial charge in [0.05, 0.1) is 5.71 Å². The van der Waals surface area contributed by atoms with Crippen molar-refractivity contribution in [3.63, 3.8) is 0 Å². The van der Waals surface area contributed by atoms with Gasteiger partial charge in [0.15, 0.2) is 0 Å². The first-order valence-corrected chi connectivity index (χ1v) is 4.33. The Bertz CT molecular complexity index is 359. The van der Waals surface area contributed by atoms with Crippen LogP contribution in [0, 0.1) is 0 Å². The number of nitrogens with two attached hydrogens (primary N) is 1. The number of hydrogen-bond donors (Lipinski definition) is 2. The fourth-order valence-corrected chi connectivity index (χ4v) is 1.02. The number of hydrogen-bond acceptors (Lipinski definition) is 2. The average Bonchev–Trinajstić information content (AvgIpc) is 2.15.